The van der Waals surface area contributed by atoms with Crippen LogP contribution < -0.4 is 10.3 Å². The largest absolute Gasteiger partial charge is 0.318 e. The number of hydrogen-bond acceptors (Lipinski definition) is 5. The number of nitrogens with zero attached hydrogens (tertiary/aromatic N) is 3. The summed E-state index contributed by atoms with van der Waals surface area (Å²) >= 11 is 4.01. The van der Waals surface area contributed by atoms with Crippen molar-refractivity contribution >= 4 is 18.6 Å². The SMILES string of the molecule is Cc1cc(-c2cc(NS)nc(Cc3ccc(F)cc3F)n2)cn(C)c1=O. The second kappa shape index (κ2) is 7.25. The third kappa shape index (κ3) is 3.75. The third-order valence-corrected chi connectivity index (χ3v) is 4.14. The van der Waals surface area contributed by atoms with E-state index in [4.69, 9.17) is 0 Å². The molecule has 8 heteroatoms. The first-order valence-corrected chi connectivity index (χ1v) is 8.21. The molecule has 0 aliphatic rings. The van der Waals surface area contributed by atoms with E-state index in [1.54, 1.807) is 32.3 Å². The van der Waals surface area contributed by atoms with Gasteiger partial charge in [0.05, 0.1) is 5.69 Å². The van der Waals surface area contributed by atoms with Crippen LogP contribution in [0.25, 0.3) is 11.3 Å². The van der Waals surface area contributed by atoms with E-state index in [-0.39, 0.29) is 17.5 Å². The van der Waals surface area contributed by atoms with Gasteiger partial charge in [0.25, 0.3) is 5.56 Å². The Hall–Kier alpha value is -2.74. The van der Waals surface area contributed by atoms with Gasteiger partial charge in [0.1, 0.15) is 23.3 Å². The molecule has 0 aliphatic heterocycles. The molecule has 0 saturated heterocycles. The summed E-state index contributed by atoms with van der Waals surface area (Å²) in [4.78, 5) is 20.6. The molecule has 0 atom stereocenters. The maximum absolute atomic E-state index is 13.9. The number of thiol groups is 1. The van der Waals surface area contributed by atoms with Gasteiger partial charge >= 0.3 is 0 Å². The van der Waals surface area contributed by atoms with Gasteiger partial charge in [0, 0.05) is 42.9 Å². The minimum absolute atomic E-state index is 0.0904. The van der Waals surface area contributed by atoms with E-state index in [0.717, 1.165) is 11.6 Å². The number of benzene rings is 1. The fourth-order valence-electron chi connectivity index (χ4n) is 2.63. The fraction of sp³-hybridized carbons (Fsp3) is 0.167. The molecule has 0 unspecified atom stereocenters. The van der Waals surface area contributed by atoms with Crippen LogP contribution in [-0.4, -0.2) is 14.5 Å². The molecular weight excluding hydrogens is 358 g/mol. The Bertz CT molecular complexity index is 1010. The van der Waals surface area contributed by atoms with Crippen LogP contribution in [0.15, 0.2) is 41.3 Å². The van der Waals surface area contributed by atoms with Crippen molar-refractivity contribution in [1.29, 1.82) is 0 Å². The summed E-state index contributed by atoms with van der Waals surface area (Å²) in [6.07, 6.45) is 1.76. The average molecular weight is 374 g/mol. The Morgan fingerprint density at radius 2 is 1.96 bits per heavy atom. The Balaban J connectivity index is 2.05. The van der Waals surface area contributed by atoms with E-state index in [2.05, 4.69) is 27.5 Å². The van der Waals surface area contributed by atoms with Crippen LogP contribution >= 0.6 is 12.8 Å². The summed E-state index contributed by atoms with van der Waals surface area (Å²) < 4.78 is 31.1. The molecule has 3 rings (SSSR count). The Morgan fingerprint density at radius 3 is 2.62 bits per heavy atom. The lowest BCUT2D eigenvalue weighted by atomic mass is 10.1. The highest BCUT2D eigenvalue weighted by Gasteiger charge is 2.12. The normalized spacial score (nSPS) is 10.8. The standard InChI is InChI=1S/C18H16F2N4OS/c1-10-5-12(9-24(2)18(10)25)15-8-17(23-26)22-16(21-15)6-11-3-4-13(19)7-14(11)20/h3-5,7-9,26H,6H2,1-2H3,(H,21,22,23). The van der Waals surface area contributed by atoms with Crippen molar-refractivity contribution in [3.63, 3.8) is 0 Å². The van der Waals surface area contributed by atoms with E-state index in [1.165, 1.54) is 16.7 Å². The molecule has 3 aromatic rings. The summed E-state index contributed by atoms with van der Waals surface area (Å²) in [5.74, 6) is -0.518. The number of pyridine rings is 1. The van der Waals surface area contributed by atoms with Gasteiger partial charge in [0.2, 0.25) is 0 Å². The van der Waals surface area contributed by atoms with Crippen LogP contribution in [0.5, 0.6) is 0 Å². The van der Waals surface area contributed by atoms with Crippen LogP contribution in [0.3, 0.4) is 0 Å². The zero-order valence-corrected chi connectivity index (χ0v) is 15.0. The van der Waals surface area contributed by atoms with Gasteiger partial charge in [-0.2, -0.15) is 0 Å². The molecule has 0 fully saturated rings. The zero-order chi connectivity index (χ0) is 18.8. The van der Waals surface area contributed by atoms with Crippen molar-refractivity contribution in [3.05, 3.63) is 75.5 Å². The van der Waals surface area contributed by atoms with Crippen molar-refractivity contribution in [2.24, 2.45) is 7.05 Å². The van der Waals surface area contributed by atoms with Crippen molar-refractivity contribution in [2.45, 2.75) is 13.3 Å². The molecular formula is C18H16F2N4OS. The Kier molecular flexibility index (Phi) is 5.03. The minimum atomic E-state index is -0.655. The topological polar surface area (TPSA) is 59.8 Å². The van der Waals surface area contributed by atoms with Gasteiger partial charge in [0.15, 0.2) is 0 Å². The number of aromatic nitrogens is 3. The van der Waals surface area contributed by atoms with Crippen LogP contribution in [0, 0.1) is 18.6 Å². The Morgan fingerprint density at radius 1 is 1.19 bits per heavy atom. The van der Waals surface area contributed by atoms with Crippen molar-refractivity contribution < 1.29 is 8.78 Å². The van der Waals surface area contributed by atoms with E-state index in [0.29, 0.717) is 22.9 Å². The van der Waals surface area contributed by atoms with Crippen molar-refractivity contribution in [2.75, 3.05) is 4.72 Å². The van der Waals surface area contributed by atoms with E-state index in [9.17, 15) is 13.6 Å². The first kappa shape index (κ1) is 18.1. The first-order chi connectivity index (χ1) is 12.4. The van der Waals surface area contributed by atoms with Gasteiger partial charge in [-0.3, -0.25) is 4.79 Å². The summed E-state index contributed by atoms with van der Waals surface area (Å²) in [5.41, 5.74) is 2.05. The third-order valence-electron chi connectivity index (χ3n) is 3.91. The molecule has 134 valence electrons. The molecule has 0 radical (unpaired) electrons. The Labute approximate surface area is 154 Å². The van der Waals surface area contributed by atoms with Gasteiger partial charge in [-0.15, -0.1) is 0 Å². The van der Waals surface area contributed by atoms with E-state index in [1.807, 2.05) is 0 Å². The second-order valence-electron chi connectivity index (χ2n) is 5.91. The minimum Gasteiger partial charge on any atom is -0.318 e. The summed E-state index contributed by atoms with van der Waals surface area (Å²) in [6, 6.07) is 6.79. The highest BCUT2D eigenvalue weighted by atomic mass is 32.1. The molecule has 1 aromatic carbocycles. The molecule has 0 bridgehead atoms. The lowest BCUT2D eigenvalue weighted by Crippen LogP contribution is -2.18. The molecule has 2 aromatic heterocycles. The molecule has 2 heterocycles. The van der Waals surface area contributed by atoms with Crippen LogP contribution in [0.1, 0.15) is 17.0 Å². The maximum Gasteiger partial charge on any atom is 0.253 e. The first-order valence-electron chi connectivity index (χ1n) is 7.77. The number of rotatable bonds is 4. The van der Waals surface area contributed by atoms with Gasteiger partial charge < -0.3 is 9.29 Å². The lowest BCUT2D eigenvalue weighted by Gasteiger charge is -2.10. The highest BCUT2D eigenvalue weighted by Crippen LogP contribution is 2.22. The molecule has 26 heavy (non-hydrogen) atoms. The quantitative estimate of drug-likeness (QED) is 0.688. The number of halogens is 2. The summed E-state index contributed by atoms with van der Waals surface area (Å²) in [5, 5.41) is 0. The predicted molar refractivity (Wildman–Crippen MR) is 99.2 cm³/mol. The number of anilines is 1. The lowest BCUT2D eigenvalue weighted by molar-refractivity contribution is 0.573. The smallest absolute Gasteiger partial charge is 0.253 e. The van der Waals surface area contributed by atoms with E-state index < -0.39 is 11.6 Å². The van der Waals surface area contributed by atoms with Crippen molar-refractivity contribution in [3.8, 4) is 11.3 Å². The molecule has 0 spiro atoms. The van der Waals surface area contributed by atoms with E-state index >= 15 is 0 Å². The van der Waals surface area contributed by atoms with Gasteiger partial charge in [-0.25, -0.2) is 18.7 Å². The second-order valence-corrected chi connectivity index (χ2v) is 6.13. The molecule has 5 nitrogen and oxygen atoms in total. The molecule has 0 aliphatic carbocycles. The highest BCUT2D eigenvalue weighted by molar-refractivity contribution is 7.81. The zero-order valence-electron chi connectivity index (χ0n) is 14.1. The predicted octanol–water partition coefficient (Wildman–Crippen LogP) is 3.28. The van der Waals surface area contributed by atoms with Crippen molar-refractivity contribution in [1.82, 2.24) is 14.5 Å². The number of aryl methyl sites for hydroxylation is 2. The maximum atomic E-state index is 13.9. The van der Waals surface area contributed by atoms with Crippen LogP contribution in [0.2, 0.25) is 0 Å². The summed E-state index contributed by atoms with van der Waals surface area (Å²) in [6.45, 7) is 1.72. The molecule has 1 N–H and O–H groups in total. The van der Waals surface area contributed by atoms with Crippen LogP contribution in [0.4, 0.5) is 14.6 Å². The monoisotopic (exact) mass is 374 g/mol. The van der Waals surface area contributed by atoms with Gasteiger partial charge in [-0.05, 0) is 24.6 Å². The van der Waals surface area contributed by atoms with Gasteiger partial charge in [-0.1, -0.05) is 18.9 Å². The number of nitrogens with one attached hydrogen (secondary N) is 1. The summed E-state index contributed by atoms with van der Waals surface area (Å²) in [7, 11) is 1.66. The fourth-order valence-corrected chi connectivity index (χ4v) is 2.75. The number of hydrogen-bond donors (Lipinski definition) is 2. The van der Waals surface area contributed by atoms with Crippen LogP contribution in [-0.2, 0) is 13.5 Å². The molecule has 0 amide bonds. The molecule has 0 saturated carbocycles. The average Bonchev–Trinajstić information content (AvgIpc) is 2.61.